The van der Waals surface area contributed by atoms with Gasteiger partial charge in [0.05, 0.1) is 19.5 Å². The van der Waals surface area contributed by atoms with Crippen molar-refractivity contribution in [3.05, 3.63) is 24.2 Å². The van der Waals surface area contributed by atoms with Gasteiger partial charge in [-0.2, -0.15) is 0 Å². The lowest BCUT2D eigenvalue weighted by molar-refractivity contribution is -0.135. The maximum atomic E-state index is 11.8. The molecule has 1 atom stereocenters. The molecule has 2 heterocycles. The molecule has 6 nitrogen and oxygen atoms in total. The lowest BCUT2D eigenvalue weighted by Crippen LogP contribution is -2.41. The Labute approximate surface area is 112 Å². The minimum atomic E-state index is -0.673. The van der Waals surface area contributed by atoms with Crippen LogP contribution in [-0.2, 0) is 9.53 Å². The van der Waals surface area contributed by atoms with E-state index in [2.05, 4.69) is 5.32 Å². The van der Waals surface area contributed by atoms with Crippen molar-refractivity contribution in [2.45, 2.75) is 12.5 Å². The van der Waals surface area contributed by atoms with Crippen molar-refractivity contribution in [3.8, 4) is 0 Å². The molecule has 0 saturated carbocycles. The third-order valence-electron chi connectivity index (χ3n) is 3.09. The summed E-state index contributed by atoms with van der Waals surface area (Å²) in [6, 6.07) is 3.46. The first-order valence-corrected chi connectivity index (χ1v) is 6.55. The summed E-state index contributed by atoms with van der Waals surface area (Å²) in [4.78, 5) is 13.6. The van der Waals surface area contributed by atoms with Gasteiger partial charge < -0.3 is 24.5 Å². The van der Waals surface area contributed by atoms with E-state index in [4.69, 9.17) is 9.15 Å². The fourth-order valence-corrected chi connectivity index (χ4v) is 1.99. The van der Waals surface area contributed by atoms with Gasteiger partial charge in [-0.3, -0.25) is 4.79 Å². The molecule has 1 aromatic heterocycles. The topological polar surface area (TPSA) is 74.9 Å². The second-order valence-corrected chi connectivity index (χ2v) is 4.48. The van der Waals surface area contributed by atoms with Crippen LogP contribution in [0, 0.1) is 0 Å². The van der Waals surface area contributed by atoms with Crippen molar-refractivity contribution >= 4 is 5.91 Å². The summed E-state index contributed by atoms with van der Waals surface area (Å²) < 4.78 is 10.3. The van der Waals surface area contributed by atoms with Gasteiger partial charge in [-0.1, -0.05) is 0 Å². The van der Waals surface area contributed by atoms with Gasteiger partial charge in [0.15, 0.2) is 0 Å². The first kappa shape index (κ1) is 14.0. The number of carbonyl (C=O) groups is 1. The third-order valence-corrected chi connectivity index (χ3v) is 3.09. The number of ether oxygens (including phenoxy) is 1. The lowest BCUT2D eigenvalue weighted by atomic mass is 10.2. The molecule has 0 radical (unpaired) electrons. The molecule has 19 heavy (non-hydrogen) atoms. The van der Waals surface area contributed by atoms with Gasteiger partial charge in [-0.05, 0) is 12.1 Å². The molecule has 1 unspecified atom stereocenters. The molecular weight excluding hydrogens is 248 g/mol. The Kier molecular flexibility index (Phi) is 5.38. The molecule has 1 amide bonds. The number of hydrogen-bond acceptors (Lipinski definition) is 5. The molecule has 1 fully saturated rings. The van der Waals surface area contributed by atoms with Crippen molar-refractivity contribution in [3.63, 3.8) is 0 Å². The van der Waals surface area contributed by atoms with Crippen LogP contribution in [0.4, 0.5) is 0 Å². The molecule has 2 N–H and O–H groups in total. The van der Waals surface area contributed by atoms with Crippen molar-refractivity contribution in [1.29, 1.82) is 0 Å². The summed E-state index contributed by atoms with van der Waals surface area (Å²) in [6.07, 6.45) is 1.29. The molecule has 1 aliphatic heterocycles. The Bertz CT molecular complexity index is 374. The highest BCUT2D eigenvalue weighted by Crippen LogP contribution is 2.11. The van der Waals surface area contributed by atoms with Crippen LogP contribution in [0.3, 0.4) is 0 Å². The van der Waals surface area contributed by atoms with Gasteiger partial charge in [-0.25, -0.2) is 0 Å². The van der Waals surface area contributed by atoms with Gasteiger partial charge in [0.25, 0.3) is 0 Å². The molecule has 1 saturated heterocycles. The van der Waals surface area contributed by atoms with E-state index >= 15 is 0 Å². The highest BCUT2D eigenvalue weighted by molar-refractivity contribution is 5.76. The zero-order chi connectivity index (χ0) is 13.5. The number of rotatable bonds is 6. The molecule has 0 aliphatic carbocycles. The highest BCUT2D eigenvalue weighted by atomic mass is 16.5. The SMILES string of the molecule is O=C(CCNCC(O)c1ccco1)N1CCOCC1. The van der Waals surface area contributed by atoms with Crippen LogP contribution in [0.2, 0.25) is 0 Å². The molecule has 1 aromatic rings. The summed E-state index contributed by atoms with van der Waals surface area (Å²) in [7, 11) is 0. The van der Waals surface area contributed by atoms with Crippen molar-refractivity contribution in [1.82, 2.24) is 10.2 Å². The van der Waals surface area contributed by atoms with Crippen molar-refractivity contribution < 1.29 is 19.1 Å². The van der Waals surface area contributed by atoms with Gasteiger partial charge in [0.1, 0.15) is 11.9 Å². The summed E-state index contributed by atoms with van der Waals surface area (Å²) in [5.74, 6) is 0.662. The van der Waals surface area contributed by atoms with E-state index in [0.717, 1.165) is 0 Å². The van der Waals surface area contributed by atoms with Crippen molar-refractivity contribution in [2.75, 3.05) is 39.4 Å². The van der Waals surface area contributed by atoms with E-state index in [1.807, 2.05) is 4.90 Å². The Morgan fingerprint density at radius 3 is 2.95 bits per heavy atom. The van der Waals surface area contributed by atoms with E-state index in [-0.39, 0.29) is 5.91 Å². The van der Waals surface area contributed by atoms with E-state index in [1.165, 1.54) is 6.26 Å². The Morgan fingerprint density at radius 2 is 2.26 bits per heavy atom. The minimum Gasteiger partial charge on any atom is -0.467 e. The summed E-state index contributed by atoms with van der Waals surface area (Å²) in [5, 5.41) is 12.8. The summed E-state index contributed by atoms with van der Waals surface area (Å²) >= 11 is 0. The number of furan rings is 1. The summed E-state index contributed by atoms with van der Waals surface area (Å²) in [6.45, 7) is 3.52. The van der Waals surface area contributed by atoms with Crippen LogP contribution >= 0.6 is 0 Å². The quantitative estimate of drug-likeness (QED) is 0.718. The predicted molar refractivity (Wildman–Crippen MR) is 68.6 cm³/mol. The minimum absolute atomic E-state index is 0.128. The second-order valence-electron chi connectivity index (χ2n) is 4.48. The normalized spacial score (nSPS) is 17.4. The number of morpholine rings is 1. The van der Waals surface area contributed by atoms with Gasteiger partial charge in [0, 0.05) is 32.6 Å². The molecule has 0 spiro atoms. The fourth-order valence-electron chi connectivity index (χ4n) is 1.99. The zero-order valence-corrected chi connectivity index (χ0v) is 10.9. The van der Waals surface area contributed by atoms with Crippen LogP contribution in [0.15, 0.2) is 22.8 Å². The Morgan fingerprint density at radius 1 is 1.47 bits per heavy atom. The maximum absolute atomic E-state index is 11.8. The van der Waals surface area contributed by atoms with Crippen molar-refractivity contribution in [2.24, 2.45) is 0 Å². The van der Waals surface area contributed by atoms with E-state index in [1.54, 1.807) is 12.1 Å². The smallest absolute Gasteiger partial charge is 0.224 e. The highest BCUT2D eigenvalue weighted by Gasteiger charge is 2.16. The zero-order valence-electron chi connectivity index (χ0n) is 10.9. The van der Waals surface area contributed by atoms with Crippen LogP contribution in [0.25, 0.3) is 0 Å². The van der Waals surface area contributed by atoms with E-state index < -0.39 is 6.10 Å². The standard InChI is InChI=1S/C13H20N2O4/c16-11(12-2-1-7-19-12)10-14-4-3-13(17)15-5-8-18-9-6-15/h1-2,7,11,14,16H,3-6,8-10H2. The number of amides is 1. The van der Waals surface area contributed by atoms with Gasteiger partial charge in [-0.15, -0.1) is 0 Å². The lowest BCUT2D eigenvalue weighted by Gasteiger charge is -2.26. The van der Waals surface area contributed by atoms with Crippen LogP contribution in [-0.4, -0.2) is 55.3 Å². The number of nitrogens with one attached hydrogen (secondary N) is 1. The number of aliphatic hydroxyl groups excluding tert-OH is 1. The van der Waals surface area contributed by atoms with E-state index in [0.29, 0.717) is 51.6 Å². The number of carbonyl (C=O) groups excluding carboxylic acids is 1. The monoisotopic (exact) mass is 268 g/mol. The Balaban J connectivity index is 1.59. The molecule has 2 rings (SSSR count). The average Bonchev–Trinajstić information content (AvgIpc) is 2.98. The van der Waals surface area contributed by atoms with Crippen LogP contribution in [0.5, 0.6) is 0 Å². The molecule has 0 aromatic carbocycles. The second kappa shape index (κ2) is 7.28. The van der Waals surface area contributed by atoms with Crippen LogP contribution in [0.1, 0.15) is 18.3 Å². The van der Waals surface area contributed by atoms with Crippen LogP contribution < -0.4 is 5.32 Å². The van der Waals surface area contributed by atoms with Gasteiger partial charge in [0.2, 0.25) is 5.91 Å². The molecule has 106 valence electrons. The molecule has 6 heteroatoms. The third kappa shape index (κ3) is 4.34. The molecular formula is C13H20N2O4. The molecule has 0 bridgehead atoms. The first-order chi connectivity index (χ1) is 9.27. The molecule has 1 aliphatic rings. The number of nitrogens with zero attached hydrogens (tertiary/aromatic N) is 1. The largest absolute Gasteiger partial charge is 0.467 e. The first-order valence-electron chi connectivity index (χ1n) is 6.55. The number of aliphatic hydroxyl groups is 1. The predicted octanol–water partition coefficient (Wildman–Crippen LogP) is 0.151. The number of hydrogen-bond donors (Lipinski definition) is 2. The Hall–Kier alpha value is -1.37. The van der Waals surface area contributed by atoms with E-state index in [9.17, 15) is 9.90 Å². The summed E-state index contributed by atoms with van der Waals surface area (Å²) in [5.41, 5.74) is 0. The fraction of sp³-hybridized carbons (Fsp3) is 0.615. The van der Waals surface area contributed by atoms with Gasteiger partial charge >= 0.3 is 0 Å². The average molecular weight is 268 g/mol. The maximum Gasteiger partial charge on any atom is 0.224 e.